The summed E-state index contributed by atoms with van der Waals surface area (Å²) < 4.78 is 10.5. The maximum Gasteiger partial charge on any atom is 0.180 e. The van der Waals surface area contributed by atoms with Gasteiger partial charge in [-0.25, -0.2) is 0 Å². The first-order chi connectivity index (χ1) is 9.19. The Kier molecular flexibility index (Phi) is 7.15. The van der Waals surface area contributed by atoms with Gasteiger partial charge in [0.15, 0.2) is 5.78 Å². The fourth-order valence-electron chi connectivity index (χ4n) is 1.56. The molecule has 1 unspecified atom stereocenters. The first-order valence-corrected chi connectivity index (χ1v) is 6.66. The molecule has 0 saturated carbocycles. The zero-order valence-electron chi connectivity index (χ0n) is 11.9. The molecule has 0 amide bonds. The molecular formula is C15H23NO3. The van der Waals surface area contributed by atoms with E-state index in [2.05, 4.69) is 19.2 Å². The van der Waals surface area contributed by atoms with Crippen molar-refractivity contribution in [1.29, 1.82) is 0 Å². The molecule has 0 heterocycles. The van der Waals surface area contributed by atoms with Gasteiger partial charge in [0.05, 0.1) is 18.7 Å². The summed E-state index contributed by atoms with van der Waals surface area (Å²) in [5, 5.41) is 3.20. The summed E-state index contributed by atoms with van der Waals surface area (Å²) in [4.78, 5) is 12.1. The molecule has 1 rings (SSSR count). The summed E-state index contributed by atoms with van der Waals surface area (Å²) in [6, 6.07) is 7.65. The minimum absolute atomic E-state index is 0.0494. The summed E-state index contributed by atoms with van der Waals surface area (Å²) in [6.07, 6.45) is 0.999. The standard InChI is InChI=1S/C15H23NO3/c1-4-12(2)16-11-14(17)13-7-5-6-8-15(13)19-10-9-18-3/h5-8,12,16H,4,9-11H2,1-3H3. The van der Waals surface area contributed by atoms with Crippen LogP contribution in [0.2, 0.25) is 0 Å². The molecule has 19 heavy (non-hydrogen) atoms. The predicted octanol–water partition coefficient (Wildman–Crippen LogP) is 2.28. The highest BCUT2D eigenvalue weighted by Crippen LogP contribution is 2.18. The molecule has 1 atom stereocenters. The third-order valence-corrected chi connectivity index (χ3v) is 2.96. The number of carbonyl (C=O) groups is 1. The van der Waals surface area contributed by atoms with Gasteiger partial charge in [-0.3, -0.25) is 4.79 Å². The highest BCUT2D eigenvalue weighted by Gasteiger charge is 2.12. The van der Waals surface area contributed by atoms with Crippen molar-refractivity contribution < 1.29 is 14.3 Å². The van der Waals surface area contributed by atoms with Gasteiger partial charge in [-0.2, -0.15) is 0 Å². The van der Waals surface area contributed by atoms with Crippen LogP contribution in [-0.2, 0) is 4.74 Å². The second-order valence-electron chi connectivity index (χ2n) is 4.45. The van der Waals surface area contributed by atoms with Crippen molar-refractivity contribution in [3.63, 3.8) is 0 Å². The topological polar surface area (TPSA) is 47.6 Å². The lowest BCUT2D eigenvalue weighted by Gasteiger charge is -2.13. The Morgan fingerprint density at radius 3 is 2.74 bits per heavy atom. The van der Waals surface area contributed by atoms with Gasteiger partial charge in [0.1, 0.15) is 12.4 Å². The first kappa shape index (κ1) is 15.7. The molecule has 0 radical (unpaired) electrons. The van der Waals surface area contributed by atoms with Crippen LogP contribution in [0.25, 0.3) is 0 Å². The largest absolute Gasteiger partial charge is 0.490 e. The molecule has 0 spiro atoms. The van der Waals surface area contributed by atoms with E-state index in [-0.39, 0.29) is 5.78 Å². The monoisotopic (exact) mass is 265 g/mol. The number of ketones is 1. The Balaban J connectivity index is 2.62. The van der Waals surface area contributed by atoms with E-state index in [0.717, 1.165) is 6.42 Å². The molecule has 0 saturated heterocycles. The maximum absolute atomic E-state index is 12.1. The average Bonchev–Trinajstić information content (AvgIpc) is 2.45. The molecule has 0 aliphatic carbocycles. The smallest absolute Gasteiger partial charge is 0.180 e. The van der Waals surface area contributed by atoms with Gasteiger partial charge < -0.3 is 14.8 Å². The Morgan fingerprint density at radius 1 is 1.32 bits per heavy atom. The summed E-state index contributed by atoms with van der Waals surface area (Å²) in [7, 11) is 1.62. The van der Waals surface area contributed by atoms with E-state index >= 15 is 0 Å². The Morgan fingerprint density at radius 2 is 2.05 bits per heavy atom. The Hall–Kier alpha value is -1.39. The predicted molar refractivity (Wildman–Crippen MR) is 75.9 cm³/mol. The van der Waals surface area contributed by atoms with Crippen LogP contribution < -0.4 is 10.1 Å². The van der Waals surface area contributed by atoms with Gasteiger partial charge in [0, 0.05) is 13.2 Å². The summed E-state index contributed by atoms with van der Waals surface area (Å²) in [5.41, 5.74) is 0.620. The minimum atomic E-state index is 0.0494. The molecule has 1 aromatic carbocycles. The van der Waals surface area contributed by atoms with Crippen molar-refractivity contribution in [3.05, 3.63) is 29.8 Å². The number of para-hydroxylation sites is 1. The Labute approximate surface area is 115 Å². The number of hydrogen-bond donors (Lipinski definition) is 1. The van der Waals surface area contributed by atoms with Crippen LogP contribution in [0.5, 0.6) is 5.75 Å². The van der Waals surface area contributed by atoms with Crippen LogP contribution in [-0.4, -0.2) is 38.7 Å². The van der Waals surface area contributed by atoms with E-state index in [0.29, 0.717) is 37.1 Å². The third kappa shape index (κ3) is 5.41. The lowest BCUT2D eigenvalue weighted by atomic mass is 10.1. The lowest BCUT2D eigenvalue weighted by molar-refractivity contribution is 0.0979. The van der Waals surface area contributed by atoms with Gasteiger partial charge in [0.25, 0.3) is 0 Å². The number of methoxy groups -OCH3 is 1. The van der Waals surface area contributed by atoms with Gasteiger partial charge >= 0.3 is 0 Å². The fourth-order valence-corrected chi connectivity index (χ4v) is 1.56. The number of carbonyl (C=O) groups excluding carboxylic acids is 1. The van der Waals surface area contributed by atoms with Crippen molar-refractivity contribution in [2.45, 2.75) is 26.3 Å². The molecule has 0 aliphatic rings. The number of benzene rings is 1. The quantitative estimate of drug-likeness (QED) is 0.549. The van der Waals surface area contributed by atoms with Gasteiger partial charge in [0.2, 0.25) is 0 Å². The zero-order valence-corrected chi connectivity index (χ0v) is 11.9. The van der Waals surface area contributed by atoms with Crippen LogP contribution in [0.3, 0.4) is 0 Å². The van der Waals surface area contributed by atoms with Crippen molar-refractivity contribution in [2.75, 3.05) is 26.9 Å². The van der Waals surface area contributed by atoms with Crippen molar-refractivity contribution in [1.82, 2.24) is 5.32 Å². The molecule has 4 heteroatoms. The first-order valence-electron chi connectivity index (χ1n) is 6.66. The van der Waals surface area contributed by atoms with Crippen molar-refractivity contribution in [2.24, 2.45) is 0 Å². The summed E-state index contributed by atoms with van der Waals surface area (Å²) in [5.74, 6) is 0.670. The van der Waals surface area contributed by atoms with E-state index in [1.165, 1.54) is 0 Å². The highest BCUT2D eigenvalue weighted by atomic mass is 16.5. The zero-order chi connectivity index (χ0) is 14.1. The molecular weight excluding hydrogens is 242 g/mol. The number of hydrogen-bond acceptors (Lipinski definition) is 4. The van der Waals surface area contributed by atoms with E-state index in [4.69, 9.17) is 9.47 Å². The van der Waals surface area contributed by atoms with E-state index in [1.807, 2.05) is 18.2 Å². The number of Topliss-reactive ketones (excluding diaryl/α,β-unsaturated/α-hetero) is 1. The number of rotatable bonds is 9. The molecule has 0 bridgehead atoms. The second kappa shape index (κ2) is 8.67. The molecule has 4 nitrogen and oxygen atoms in total. The van der Waals surface area contributed by atoms with E-state index < -0.39 is 0 Å². The fraction of sp³-hybridized carbons (Fsp3) is 0.533. The third-order valence-electron chi connectivity index (χ3n) is 2.96. The second-order valence-corrected chi connectivity index (χ2v) is 4.45. The van der Waals surface area contributed by atoms with Crippen molar-refractivity contribution >= 4 is 5.78 Å². The molecule has 1 N–H and O–H groups in total. The SMILES string of the molecule is CCC(C)NCC(=O)c1ccccc1OCCOC. The van der Waals surface area contributed by atoms with Crippen LogP contribution in [0, 0.1) is 0 Å². The van der Waals surface area contributed by atoms with Crippen LogP contribution in [0.1, 0.15) is 30.6 Å². The maximum atomic E-state index is 12.1. The normalized spacial score (nSPS) is 12.2. The van der Waals surface area contributed by atoms with Crippen LogP contribution in [0.15, 0.2) is 24.3 Å². The average molecular weight is 265 g/mol. The summed E-state index contributed by atoms with van der Waals surface area (Å²) >= 11 is 0. The van der Waals surface area contributed by atoms with E-state index in [1.54, 1.807) is 13.2 Å². The molecule has 1 aromatic rings. The van der Waals surface area contributed by atoms with Crippen molar-refractivity contribution in [3.8, 4) is 5.75 Å². The minimum Gasteiger partial charge on any atom is -0.490 e. The summed E-state index contributed by atoms with van der Waals surface area (Å²) in [6.45, 7) is 5.44. The van der Waals surface area contributed by atoms with Gasteiger partial charge in [-0.1, -0.05) is 19.1 Å². The van der Waals surface area contributed by atoms with Crippen LogP contribution in [0.4, 0.5) is 0 Å². The number of ether oxygens (including phenoxy) is 2. The van der Waals surface area contributed by atoms with Crippen LogP contribution >= 0.6 is 0 Å². The Bertz CT molecular complexity index is 393. The highest BCUT2D eigenvalue weighted by molar-refractivity contribution is 6.00. The molecule has 0 aromatic heterocycles. The number of nitrogens with one attached hydrogen (secondary N) is 1. The molecule has 0 aliphatic heterocycles. The van der Waals surface area contributed by atoms with Gasteiger partial charge in [-0.15, -0.1) is 0 Å². The van der Waals surface area contributed by atoms with E-state index in [9.17, 15) is 4.79 Å². The molecule has 0 fully saturated rings. The lowest BCUT2D eigenvalue weighted by Crippen LogP contribution is -2.31. The van der Waals surface area contributed by atoms with Gasteiger partial charge in [-0.05, 0) is 25.5 Å². The molecule has 106 valence electrons.